The van der Waals surface area contributed by atoms with Crippen LogP contribution in [0, 0.1) is 0 Å². The highest BCUT2D eigenvalue weighted by Crippen LogP contribution is 2.23. The summed E-state index contributed by atoms with van der Waals surface area (Å²) in [5.41, 5.74) is 0. The smallest absolute Gasteiger partial charge is 0.133 e. The molecule has 1 atom stereocenters. The Hall–Kier alpha value is -0.580. The second kappa shape index (κ2) is 7.12. The Labute approximate surface area is 117 Å². The number of ether oxygens (including phenoxy) is 1. The van der Waals surface area contributed by atoms with Crippen molar-refractivity contribution in [3.8, 4) is 5.75 Å². The number of benzene rings is 1. The van der Waals surface area contributed by atoms with Crippen LogP contribution in [0.15, 0.2) is 28.7 Å². The number of rotatable bonds is 6. The molecular formula is C14H20BrNO2. The second-order valence-electron chi connectivity index (χ2n) is 4.78. The maximum atomic E-state index is 9.86. The lowest BCUT2D eigenvalue weighted by molar-refractivity contribution is 0.103. The molecule has 0 saturated heterocycles. The molecule has 1 saturated carbocycles. The van der Waals surface area contributed by atoms with Crippen molar-refractivity contribution < 1.29 is 9.84 Å². The first-order valence-corrected chi connectivity index (χ1v) is 7.34. The highest BCUT2D eigenvalue weighted by Gasteiger charge is 2.15. The Morgan fingerprint density at radius 2 is 2.06 bits per heavy atom. The molecule has 4 heteroatoms. The first-order chi connectivity index (χ1) is 8.75. The molecule has 1 aliphatic carbocycles. The van der Waals surface area contributed by atoms with E-state index < -0.39 is 6.10 Å². The molecule has 0 unspecified atom stereocenters. The summed E-state index contributed by atoms with van der Waals surface area (Å²) in [7, 11) is 0. The van der Waals surface area contributed by atoms with E-state index in [4.69, 9.17) is 4.74 Å². The van der Waals surface area contributed by atoms with Gasteiger partial charge >= 0.3 is 0 Å². The summed E-state index contributed by atoms with van der Waals surface area (Å²) in [4.78, 5) is 0. The molecule has 0 aromatic heterocycles. The Kier molecular flexibility index (Phi) is 5.47. The zero-order chi connectivity index (χ0) is 12.8. The first-order valence-electron chi connectivity index (χ1n) is 6.54. The molecule has 1 fully saturated rings. The van der Waals surface area contributed by atoms with E-state index in [9.17, 15) is 5.11 Å². The maximum Gasteiger partial charge on any atom is 0.133 e. The number of hydrogen-bond donors (Lipinski definition) is 2. The molecule has 0 bridgehead atoms. The summed E-state index contributed by atoms with van der Waals surface area (Å²) in [6.07, 6.45) is 4.62. The van der Waals surface area contributed by atoms with E-state index in [0.717, 1.165) is 10.2 Å². The SMILES string of the molecule is O[C@H](CNC1CCCC1)COc1ccccc1Br. The van der Waals surface area contributed by atoms with Gasteiger partial charge in [-0.3, -0.25) is 0 Å². The standard InChI is InChI=1S/C14H20BrNO2/c15-13-7-3-4-8-14(13)18-10-12(17)9-16-11-5-1-2-6-11/h3-4,7-8,11-12,16-17H,1-2,5-6,9-10H2/t12-/m1/s1. The predicted molar refractivity (Wildman–Crippen MR) is 75.9 cm³/mol. The number of nitrogens with one attached hydrogen (secondary N) is 1. The van der Waals surface area contributed by atoms with Gasteiger partial charge in [0.25, 0.3) is 0 Å². The molecule has 1 aliphatic rings. The summed E-state index contributed by atoms with van der Waals surface area (Å²) in [6, 6.07) is 8.26. The molecule has 100 valence electrons. The van der Waals surface area contributed by atoms with Crippen LogP contribution in [0.25, 0.3) is 0 Å². The second-order valence-corrected chi connectivity index (χ2v) is 5.64. The zero-order valence-electron chi connectivity index (χ0n) is 10.4. The highest BCUT2D eigenvalue weighted by molar-refractivity contribution is 9.10. The van der Waals surface area contributed by atoms with Crippen molar-refractivity contribution in [2.45, 2.75) is 37.8 Å². The molecule has 18 heavy (non-hydrogen) atoms. The Morgan fingerprint density at radius 1 is 1.33 bits per heavy atom. The normalized spacial score (nSPS) is 17.9. The molecule has 1 aromatic carbocycles. The fourth-order valence-corrected chi connectivity index (χ4v) is 2.64. The monoisotopic (exact) mass is 313 g/mol. The van der Waals surface area contributed by atoms with Gasteiger partial charge in [0, 0.05) is 12.6 Å². The van der Waals surface area contributed by atoms with Gasteiger partial charge in [-0.15, -0.1) is 0 Å². The van der Waals surface area contributed by atoms with Crippen LogP contribution in [0.5, 0.6) is 5.75 Å². The van der Waals surface area contributed by atoms with E-state index in [1.54, 1.807) is 0 Å². The quantitative estimate of drug-likeness (QED) is 0.848. The third-order valence-electron chi connectivity index (χ3n) is 3.27. The number of aliphatic hydroxyl groups is 1. The van der Waals surface area contributed by atoms with Crippen molar-refractivity contribution in [2.75, 3.05) is 13.2 Å². The molecule has 0 spiro atoms. The molecular weight excluding hydrogens is 294 g/mol. The van der Waals surface area contributed by atoms with Crippen LogP contribution in [0.4, 0.5) is 0 Å². The average Bonchev–Trinajstić information content (AvgIpc) is 2.88. The Morgan fingerprint density at radius 3 is 2.78 bits per heavy atom. The van der Waals surface area contributed by atoms with Crippen molar-refractivity contribution in [3.63, 3.8) is 0 Å². The van der Waals surface area contributed by atoms with Crippen LogP contribution in [0.3, 0.4) is 0 Å². The molecule has 3 nitrogen and oxygen atoms in total. The lowest BCUT2D eigenvalue weighted by Gasteiger charge is -2.17. The van der Waals surface area contributed by atoms with E-state index in [0.29, 0.717) is 19.2 Å². The molecule has 0 heterocycles. The molecule has 2 N–H and O–H groups in total. The summed E-state index contributed by atoms with van der Waals surface area (Å²) >= 11 is 3.42. The van der Waals surface area contributed by atoms with Crippen molar-refractivity contribution in [1.82, 2.24) is 5.32 Å². The van der Waals surface area contributed by atoms with Gasteiger partial charge in [-0.1, -0.05) is 25.0 Å². The van der Waals surface area contributed by atoms with Crippen molar-refractivity contribution in [3.05, 3.63) is 28.7 Å². The minimum atomic E-state index is -0.460. The van der Waals surface area contributed by atoms with Crippen molar-refractivity contribution >= 4 is 15.9 Å². The molecule has 0 radical (unpaired) electrons. The molecule has 0 amide bonds. The molecule has 0 aliphatic heterocycles. The van der Waals surface area contributed by atoms with Gasteiger partial charge in [0.05, 0.1) is 4.47 Å². The average molecular weight is 314 g/mol. The highest BCUT2D eigenvalue weighted by atomic mass is 79.9. The molecule has 1 aromatic rings. The minimum absolute atomic E-state index is 0.322. The van der Waals surface area contributed by atoms with E-state index in [1.807, 2.05) is 24.3 Å². The van der Waals surface area contributed by atoms with Crippen LogP contribution >= 0.6 is 15.9 Å². The van der Waals surface area contributed by atoms with Crippen LogP contribution < -0.4 is 10.1 Å². The van der Waals surface area contributed by atoms with Gasteiger partial charge in [-0.25, -0.2) is 0 Å². The fourth-order valence-electron chi connectivity index (χ4n) is 2.24. The zero-order valence-corrected chi connectivity index (χ0v) is 12.0. The largest absolute Gasteiger partial charge is 0.490 e. The van der Waals surface area contributed by atoms with Gasteiger partial charge in [0.2, 0.25) is 0 Å². The van der Waals surface area contributed by atoms with E-state index in [2.05, 4.69) is 21.2 Å². The third-order valence-corrected chi connectivity index (χ3v) is 3.92. The third kappa shape index (κ3) is 4.26. The van der Waals surface area contributed by atoms with E-state index in [1.165, 1.54) is 25.7 Å². The van der Waals surface area contributed by atoms with E-state index >= 15 is 0 Å². The van der Waals surface area contributed by atoms with Crippen LogP contribution in [0.2, 0.25) is 0 Å². The van der Waals surface area contributed by atoms with Gasteiger partial charge < -0.3 is 15.2 Å². The van der Waals surface area contributed by atoms with E-state index in [-0.39, 0.29) is 0 Å². The molecule has 2 rings (SSSR count). The van der Waals surface area contributed by atoms with Crippen LogP contribution in [-0.4, -0.2) is 30.4 Å². The number of para-hydroxylation sites is 1. The predicted octanol–water partition coefficient (Wildman–Crippen LogP) is 2.72. The number of halogens is 1. The van der Waals surface area contributed by atoms with Crippen LogP contribution in [-0.2, 0) is 0 Å². The van der Waals surface area contributed by atoms with Gasteiger partial charge in [-0.05, 0) is 40.9 Å². The summed E-state index contributed by atoms with van der Waals surface area (Å²) < 4.78 is 6.49. The lowest BCUT2D eigenvalue weighted by atomic mass is 10.2. The van der Waals surface area contributed by atoms with Crippen molar-refractivity contribution in [1.29, 1.82) is 0 Å². The first kappa shape index (κ1) is 13.8. The lowest BCUT2D eigenvalue weighted by Crippen LogP contribution is -2.36. The number of hydrogen-bond acceptors (Lipinski definition) is 3. The number of aliphatic hydroxyl groups excluding tert-OH is 1. The summed E-state index contributed by atoms with van der Waals surface area (Å²) in [6.45, 7) is 0.928. The van der Waals surface area contributed by atoms with Gasteiger partial charge in [0.15, 0.2) is 0 Å². The fraction of sp³-hybridized carbons (Fsp3) is 0.571. The maximum absolute atomic E-state index is 9.86. The Bertz CT molecular complexity index is 367. The van der Waals surface area contributed by atoms with Gasteiger partial charge in [-0.2, -0.15) is 0 Å². The van der Waals surface area contributed by atoms with Gasteiger partial charge in [0.1, 0.15) is 18.5 Å². The summed E-state index contributed by atoms with van der Waals surface area (Å²) in [5, 5.41) is 13.2. The Balaban J connectivity index is 1.68. The van der Waals surface area contributed by atoms with Crippen LogP contribution in [0.1, 0.15) is 25.7 Å². The minimum Gasteiger partial charge on any atom is -0.490 e. The van der Waals surface area contributed by atoms with Crippen molar-refractivity contribution in [2.24, 2.45) is 0 Å². The summed E-state index contributed by atoms with van der Waals surface area (Å²) in [5.74, 6) is 0.775. The topological polar surface area (TPSA) is 41.5 Å².